The Morgan fingerprint density at radius 1 is 1.43 bits per heavy atom. The summed E-state index contributed by atoms with van der Waals surface area (Å²) in [6, 6.07) is 6.00. The Morgan fingerprint density at radius 3 is 2.76 bits per heavy atom. The standard InChI is InChI=1S/C15H20N4O2/c1-3-11-10(5-4-6-12(11)21-2)7-8-19-9-18-13(14(19)16)15(17)20/h4-6,9H,3,7-8,16H2,1-2H3,(H2,17,20). The number of hydrogen-bond donors (Lipinski definition) is 2. The van der Waals surface area contributed by atoms with Crippen molar-refractivity contribution in [2.75, 3.05) is 12.8 Å². The number of imidazole rings is 1. The zero-order valence-electron chi connectivity index (χ0n) is 12.3. The average molecular weight is 288 g/mol. The highest BCUT2D eigenvalue weighted by Crippen LogP contribution is 2.24. The molecule has 1 heterocycles. The molecule has 6 nitrogen and oxygen atoms in total. The molecule has 1 aromatic heterocycles. The fourth-order valence-corrected chi connectivity index (χ4v) is 2.44. The number of aromatic nitrogens is 2. The fourth-order valence-electron chi connectivity index (χ4n) is 2.44. The van der Waals surface area contributed by atoms with E-state index in [2.05, 4.69) is 18.0 Å². The van der Waals surface area contributed by atoms with Gasteiger partial charge in [-0.05, 0) is 30.0 Å². The highest BCUT2D eigenvalue weighted by atomic mass is 16.5. The molecule has 0 radical (unpaired) electrons. The number of anilines is 1. The Balaban J connectivity index is 2.19. The van der Waals surface area contributed by atoms with Crippen molar-refractivity contribution in [1.29, 1.82) is 0 Å². The average Bonchev–Trinajstić information content (AvgIpc) is 2.85. The number of rotatable bonds is 6. The molecule has 0 saturated heterocycles. The third-order valence-corrected chi connectivity index (χ3v) is 3.54. The summed E-state index contributed by atoms with van der Waals surface area (Å²) < 4.78 is 7.12. The van der Waals surface area contributed by atoms with Gasteiger partial charge in [-0.25, -0.2) is 4.98 Å². The van der Waals surface area contributed by atoms with E-state index in [1.807, 2.05) is 12.1 Å². The van der Waals surface area contributed by atoms with Crippen LogP contribution in [0.2, 0.25) is 0 Å². The lowest BCUT2D eigenvalue weighted by molar-refractivity contribution is 0.0997. The van der Waals surface area contributed by atoms with Gasteiger partial charge in [-0.3, -0.25) is 4.79 Å². The van der Waals surface area contributed by atoms with Crippen LogP contribution < -0.4 is 16.2 Å². The van der Waals surface area contributed by atoms with E-state index in [1.165, 1.54) is 11.1 Å². The number of amides is 1. The van der Waals surface area contributed by atoms with Gasteiger partial charge in [0.15, 0.2) is 5.69 Å². The van der Waals surface area contributed by atoms with E-state index in [4.69, 9.17) is 16.2 Å². The Hall–Kier alpha value is -2.50. The summed E-state index contributed by atoms with van der Waals surface area (Å²) in [6.45, 7) is 2.73. The molecule has 0 aliphatic rings. The molecule has 21 heavy (non-hydrogen) atoms. The summed E-state index contributed by atoms with van der Waals surface area (Å²) in [6.07, 6.45) is 3.21. The first kappa shape index (κ1) is 14.9. The molecule has 0 fully saturated rings. The molecule has 0 saturated carbocycles. The number of methoxy groups -OCH3 is 1. The van der Waals surface area contributed by atoms with E-state index in [9.17, 15) is 4.79 Å². The van der Waals surface area contributed by atoms with Crippen LogP contribution in [0.3, 0.4) is 0 Å². The highest BCUT2D eigenvalue weighted by molar-refractivity contribution is 5.95. The molecule has 0 unspecified atom stereocenters. The Labute approximate surface area is 123 Å². The summed E-state index contributed by atoms with van der Waals surface area (Å²) in [7, 11) is 1.67. The maximum atomic E-state index is 11.1. The van der Waals surface area contributed by atoms with Crippen LogP contribution in [0.25, 0.3) is 0 Å². The van der Waals surface area contributed by atoms with E-state index < -0.39 is 5.91 Å². The summed E-state index contributed by atoms with van der Waals surface area (Å²) in [4.78, 5) is 15.1. The van der Waals surface area contributed by atoms with Crippen molar-refractivity contribution in [1.82, 2.24) is 9.55 Å². The minimum atomic E-state index is -0.609. The fraction of sp³-hybridized carbons (Fsp3) is 0.333. The van der Waals surface area contributed by atoms with E-state index >= 15 is 0 Å². The summed E-state index contributed by atoms with van der Waals surface area (Å²) >= 11 is 0. The zero-order chi connectivity index (χ0) is 15.4. The lowest BCUT2D eigenvalue weighted by atomic mass is 10.0. The van der Waals surface area contributed by atoms with Crippen molar-refractivity contribution in [3.63, 3.8) is 0 Å². The number of nitrogens with two attached hydrogens (primary N) is 2. The van der Waals surface area contributed by atoms with Crippen LogP contribution in [0, 0.1) is 0 Å². The van der Waals surface area contributed by atoms with Crippen LogP contribution in [0.15, 0.2) is 24.5 Å². The molecule has 0 aliphatic carbocycles. The number of carbonyl (C=O) groups excluding carboxylic acids is 1. The molecule has 2 aromatic rings. The van der Waals surface area contributed by atoms with Gasteiger partial charge < -0.3 is 20.8 Å². The normalized spacial score (nSPS) is 10.6. The molecule has 0 atom stereocenters. The number of benzene rings is 1. The molecule has 4 N–H and O–H groups in total. The van der Waals surface area contributed by atoms with Gasteiger partial charge in [-0.2, -0.15) is 0 Å². The van der Waals surface area contributed by atoms with Crippen LogP contribution in [0.1, 0.15) is 28.5 Å². The summed E-state index contributed by atoms with van der Waals surface area (Å²) in [5.41, 5.74) is 13.6. The van der Waals surface area contributed by atoms with Crippen molar-refractivity contribution in [3.05, 3.63) is 41.3 Å². The predicted octanol–water partition coefficient (Wildman–Crippen LogP) is 1.38. The molecular weight excluding hydrogens is 268 g/mol. The number of carbonyl (C=O) groups is 1. The van der Waals surface area contributed by atoms with Crippen LogP contribution in [-0.2, 0) is 19.4 Å². The number of nitrogens with zero attached hydrogens (tertiary/aromatic N) is 2. The molecule has 6 heteroatoms. The van der Waals surface area contributed by atoms with Gasteiger partial charge in [0.05, 0.1) is 13.4 Å². The van der Waals surface area contributed by atoms with Crippen molar-refractivity contribution < 1.29 is 9.53 Å². The van der Waals surface area contributed by atoms with Crippen molar-refractivity contribution >= 4 is 11.7 Å². The van der Waals surface area contributed by atoms with Gasteiger partial charge >= 0.3 is 0 Å². The topological polar surface area (TPSA) is 96.2 Å². The molecule has 0 bridgehead atoms. The maximum Gasteiger partial charge on any atom is 0.271 e. The first-order valence-corrected chi connectivity index (χ1v) is 6.83. The van der Waals surface area contributed by atoms with Crippen molar-refractivity contribution in [2.24, 2.45) is 5.73 Å². The third kappa shape index (κ3) is 2.99. The lowest BCUT2D eigenvalue weighted by Gasteiger charge is -2.13. The van der Waals surface area contributed by atoms with E-state index in [0.29, 0.717) is 12.4 Å². The van der Waals surface area contributed by atoms with Gasteiger partial charge in [-0.15, -0.1) is 0 Å². The summed E-state index contributed by atoms with van der Waals surface area (Å²) in [5, 5.41) is 0. The number of nitrogen functional groups attached to an aromatic ring is 1. The molecule has 0 spiro atoms. The number of primary amides is 1. The Bertz CT molecular complexity index is 649. The van der Waals surface area contributed by atoms with Crippen LogP contribution in [0.5, 0.6) is 5.75 Å². The van der Waals surface area contributed by atoms with Crippen LogP contribution in [-0.4, -0.2) is 22.6 Å². The van der Waals surface area contributed by atoms with E-state index in [0.717, 1.165) is 18.6 Å². The van der Waals surface area contributed by atoms with Gasteiger partial charge in [0.25, 0.3) is 5.91 Å². The summed E-state index contributed by atoms with van der Waals surface area (Å²) in [5.74, 6) is 0.594. The Kier molecular flexibility index (Phi) is 4.47. The monoisotopic (exact) mass is 288 g/mol. The molecule has 1 amide bonds. The number of aryl methyl sites for hydroxylation is 2. The number of ether oxygens (including phenoxy) is 1. The van der Waals surface area contributed by atoms with Gasteiger partial charge in [0.2, 0.25) is 0 Å². The third-order valence-electron chi connectivity index (χ3n) is 3.54. The van der Waals surface area contributed by atoms with E-state index in [1.54, 1.807) is 18.0 Å². The first-order chi connectivity index (χ1) is 10.1. The molecule has 1 aromatic carbocycles. The van der Waals surface area contributed by atoms with Gasteiger partial charge in [0.1, 0.15) is 11.6 Å². The van der Waals surface area contributed by atoms with Gasteiger partial charge in [0, 0.05) is 6.54 Å². The molecule has 2 rings (SSSR count). The minimum Gasteiger partial charge on any atom is -0.496 e. The zero-order valence-corrected chi connectivity index (χ0v) is 12.3. The SMILES string of the molecule is CCc1c(CCn2cnc(C(N)=O)c2N)cccc1OC. The van der Waals surface area contributed by atoms with Crippen LogP contribution >= 0.6 is 0 Å². The second-order valence-corrected chi connectivity index (χ2v) is 4.74. The van der Waals surface area contributed by atoms with Crippen molar-refractivity contribution in [3.8, 4) is 5.75 Å². The molecule has 112 valence electrons. The minimum absolute atomic E-state index is 0.122. The predicted molar refractivity (Wildman–Crippen MR) is 81.2 cm³/mol. The number of hydrogen-bond acceptors (Lipinski definition) is 4. The molecule has 0 aliphatic heterocycles. The second-order valence-electron chi connectivity index (χ2n) is 4.74. The van der Waals surface area contributed by atoms with Gasteiger partial charge in [-0.1, -0.05) is 19.1 Å². The first-order valence-electron chi connectivity index (χ1n) is 6.83. The van der Waals surface area contributed by atoms with Crippen LogP contribution in [0.4, 0.5) is 5.82 Å². The van der Waals surface area contributed by atoms with Crippen molar-refractivity contribution in [2.45, 2.75) is 26.3 Å². The quantitative estimate of drug-likeness (QED) is 0.839. The van der Waals surface area contributed by atoms with E-state index in [-0.39, 0.29) is 5.69 Å². The Morgan fingerprint density at radius 2 is 2.19 bits per heavy atom. The molecular formula is C15H20N4O2. The smallest absolute Gasteiger partial charge is 0.271 e. The highest BCUT2D eigenvalue weighted by Gasteiger charge is 2.13. The maximum absolute atomic E-state index is 11.1. The second kappa shape index (κ2) is 6.30. The lowest BCUT2D eigenvalue weighted by Crippen LogP contribution is -2.15. The largest absolute Gasteiger partial charge is 0.496 e.